The minimum Gasteiger partial charge on any atom is -0.412 e. The molecule has 4 heteroatoms. The van der Waals surface area contributed by atoms with Crippen LogP contribution in [0, 0.1) is 57.2 Å². The van der Waals surface area contributed by atoms with Gasteiger partial charge in [-0.2, -0.15) is 0 Å². The Bertz CT molecular complexity index is 487. The highest BCUT2D eigenvalue weighted by atomic mass is 16.3. The van der Waals surface area contributed by atoms with Crippen molar-refractivity contribution in [2.75, 3.05) is 0 Å². The Morgan fingerprint density at radius 3 is 0.788 bits per heavy atom. The Hall–Kier alpha value is -0.160. The maximum Gasteiger partial charge on any atom is 0.0606 e. The molecule has 2 fully saturated rings. The number of aliphatic hydroxyl groups is 2. The summed E-state index contributed by atoms with van der Waals surface area (Å²) in [6.45, 7) is 27.7. The van der Waals surface area contributed by atoms with Gasteiger partial charge in [0.1, 0.15) is 0 Å². The van der Waals surface area contributed by atoms with Crippen molar-refractivity contribution < 1.29 is 21.2 Å². The summed E-state index contributed by atoms with van der Waals surface area (Å²) in [4.78, 5) is 0. The first-order valence-corrected chi connectivity index (χ1v) is 13.1. The Morgan fingerprint density at radius 1 is 0.455 bits per heavy atom. The highest BCUT2D eigenvalue weighted by Gasteiger charge is 2.49. The molecule has 0 aromatic heterocycles. The van der Waals surface area contributed by atoms with Crippen LogP contribution in [0.15, 0.2) is 0 Å². The Labute approximate surface area is 205 Å². The van der Waals surface area contributed by atoms with Gasteiger partial charge in [-0.1, -0.05) is 83.1 Å². The summed E-state index contributed by atoms with van der Waals surface area (Å²) in [7, 11) is 0. The smallest absolute Gasteiger partial charge is 0.0606 e. The normalized spacial score (nSPS) is 36.5. The van der Waals surface area contributed by atoms with Gasteiger partial charge in [0.2, 0.25) is 0 Å². The molecule has 0 bridgehead atoms. The third kappa shape index (κ3) is 7.92. The average Bonchev–Trinajstić information content (AvgIpc) is 2.53. The third-order valence-corrected chi connectivity index (χ3v) is 9.11. The summed E-state index contributed by atoms with van der Waals surface area (Å²) in [5, 5.41) is 22.6. The molecule has 0 amide bonds. The minimum absolute atomic E-state index is 0. The zero-order chi connectivity index (χ0) is 24.2. The van der Waals surface area contributed by atoms with E-state index in [0.29, 0.717) is 35.5 Å². The van der Waals surface area contributed by atoms with Crippen LogP contribution in [0.5, 0.6) is 0 Å². The molecular formula is C29H60O4. The minimum atomic E-state index is -0.200. The fraction of sp³-hybridized carbons (Fsp3) is 1.00. The van der Waals surface area contributed by atoms with E-state index in [1.54, 1.807) is 0 Å². The van der Waals surface area contributed by atoms with Gasteiger partial charge in [-0.15, -0.1) is 0 Å². The number of aliphatic hydroxyl groups excluding tert-OH is 2. The van der Waals surface area contributed by atoms with E-state index in [1.807, 2.05) is 0 Å². The van der Waals surface area contributed by atoms with E-state index < -0.39 is 0 Å². The highest BCUT2D eigenvalue weighted by Crippen LogP contribution is 2.53. The van der Waals surface area contributed by atoms with Gasteiger partial charge < -0.3 is 21.2 Å². The van der Waals surface area contributed by atoms with E-state index in [2.05, 4.69) is 83.1 Å². The van der Waals surface area contributed by atoms with Gasteiger partial charge in [0.05, 0.1) is 12.2 Å². The van der Waals surface area contributed by atoms with E-state index in [-0.39, 0.29) is 44.8 Å². The zero-order valence-electron chi connectivity index (χ0n) is 24.0. The summed E-state index contributed by atoms with van der Waals surface area (Å²) in [5.41, 5.74) is 0.525. The first-order chi connectivity index (χ1) is 13.7. The summed E-state index contributed by atoms with van der Waals surface area (Å²) < 4.78 is 0. The number of rotatable bonds is 2. The predicted octanol–water partition coefficient (Wildman–Crippen LogP) is 5.92. The molecule has 2 aliphatic carbocycles. The summed E-state index contributed by atoms with van der Waals surface area (Å²) >= 11 is 0. The maximum atomic E-state index is 11.3. The van der Waals surface area contributed by atoms with Crippen LogP contribution in [0.25, 0.3) is 0 Å². The molecule has 4 atom stereocenters. The van der Waals surface area contributed by atoms with Gasteiger partial charge in [-0.3, -0.25) is 0 Å². The van der Waals surface area contributed by atoms with Crippen molar-refractivity contribution in [3.05, 3.63) is 0 Å². The van der Waals surface area contributed by atoms with Gasteiger partial charge in [0.25, 0.3) is 0 Å². The van der Waals surface area contributed by atoms with Crippen LogP contribution < -0.4 is 0 Å². The molecular weight excluding hydrogens is 412 g/mol. The molecule has 0 aliphatic heterocycles. The topological polar surface area (TPSA) is 103 Å². The van der Waals surface area contributed by atoms with E-state index in [4.69, 9.17) is 0 Å². The Kier molecular flexibility index (Phi) is 10.8. The number of hydrogen-bond donors (Lipinski definition) is 2. The second-order valence-electron chi connectivity index (χ2n) is 15.8. The maximum absolute atomic E-state index is 11.3. The van der Waals surface area contributed by atoms with Crippen LogP contribution in [0.3, 0.4) is 0 Å². The first-order valence-electron chi connectivity index (χ1n) is 13.1. The molecule has 2 aliphatic rings. The van der Waals surface area contributed by atoms with Crippen LogP contribution in [0.4, 0.5) is 0 Å². The van der Waals surface area contributed by atoms with Gasteiger partial charge in [0, 0.05) is 0 Å². The largest absolute Gasteiger partial charge is 0.412 e. The SMILES string of the molecule is CC(C)(C)C1CC(CC2CC(C(C)(C)C)C(O)C(C(C)(C)C)C2)CC(C(C)(C)C)C1O.O.O. The second kappa shape index (κ2) is 10.8. The lowest BCUT2D eigenvalue weighted by Gasteiger charge is -2.52. The predicted molar refractivity (Wildman–Crippen MR) is 141 cm³/mol. The van der Waals surface area contributed by atoms with E-state index in [9.17, 15) is 10.2 Å². The van der Waals surface area contributed by atoms with Crippen molar-refractivity contribution in [2.45, 2.75) is 127 Å². The van der Waals surface area contributed by atoms with Gasteiger partial charge in [0.15, 0.2) is 0 Å². The van der Waals surface area contributed by atoms with Crippen LogP contribution in [0.1, 0.15) is 115 Å². The lowest BCUT2D eigenvalue weighted by molar-refractivity contribution is -0.102. The molecule has 0 radical (unpaired) electrons. The van der Waals surface area contributed by atoms with Crippen molar-refractivity contribution in [1.82, 2.24) is 0 Å². The van der Waals surface area contributed by atoms with Crippen molar-refractivity contribution in [3.8, 4) is 0 Å². The highest BCUT2D eigenvalue weighted by molar-refractivity contribution is 4.99. The van der Waals surface area contributed by atoms with E-state index in [0.717, 1.165) is 25.7 Å². The van der Waals surface area contributed by atoms with Crippen LogP contribution in [-0.2, 0) is 0 Å². The molecule has 0 aromatic carbocycles. The van der Waals surface area contributed by atoms with Gasteiger partial charge in [-0.05, 0) is 89.3 Å². The summed E-state index contributed by atoms with van der Waals surface area (Å²) in [6.07, 6.45) is 5.46. The molecule has 0 aromatic rings. The van der Waals surface area contributed by atoms with Crippen LogP contribution in [0.2, 0.25) is 0 Å². The monoisotopic (exact) mass is 472 g/mol. The van der Waals surface area contributed by atoms with Crippen LogP contribution >= 0.6 is 0 Å². The zero-order valence-corrected chi connectivity index (χ0v) is 24.0. The molecule has 0 saturated heterocycles. The molecule has 0 heterocycles. The Balaban J connectivity index is 0.00000512. The van der Waals surface area contributed by atoms with Crippen molar-refractivity contribution in [1.29, 1.82) is 0 Å². The molecule has 4 nitrogen and oxygen atoms in total. The quantitative estimate of drug-likeness (QED) is 0.521. The lowest BCUT2D eigenvalue weighted by atomic mass is 9.55. The van der Waals surface area contributed by atoms with Gasteiger partial charge in [-0.25, -0.2) is 0 Å². The first kappa shape index (κ1) is 32.8. The average molecular weight is 473 g/mol. The fourth-order valence-corrected chi connectivity index (χ4v) is 7.07. The lowest BCUT2D eigenvalue weighted by Crippen LogP contribution is -2.49. The van der Waals surface area contributed by atoms with Crippen LogP contribution in [-0.4, -0.2) is 33.4 Å². The third-order valence-electron chi connectivity index (χ3n) is 9.11. The molecule has 2 saturated carbocycles. The molecule has 33 heavy (non-hydrogen) atoms. The fourth-order valence-electron chi connectivity index (χ4n) is 7.07. The molecule has 4 unspecified atom stereocenters. The molecule has 6 N–H and O–H groups in total. The number of hydrogen-bond acceptors (Lipinski definition) is 2. The molecule has 2 rings (SSSR count). The van der Waals surface area contributed by atoms with E-state index in [1.165, 1.54) is 6.42 Å². The van der Waals surface area contributed by atoms with Crippen molar-refractivity contribution in [3.63, 3.8) is 0 Å². The van der Waals surface area contributed by atoms with E-state index >= 15 is 0 Å². The summed E-state index contributed by atoms with van der Waals surface area (Å²) in [5.74, 6) is 2.81. The Morgan fingerprint density at radius 2 is 0.636 bits per heavy atom. The molecule has 0 spiro atoms. The van der Waals surface area contributed by atoms with Gasteiger partial charge >= 0.3 is 0 Å². The standard InChI is InChI=1S/C29H56O2.2H2O/c1-26(2,3)20-14-18(15-21(24(20)30)27(4,5)6)13-19-16-22(28(7,8)9)25(31)23(17-19)29(10,11)12;;/h18-25,30-31H,13-17H2,1-12H3;2*1H2. The summed E-state index contributed by atoms with van der Waals surface area (Å²) in [6, 6.07) is 0. The second-order valence-corrected chi connectivity index (χ2v) is 15.8. The van der Waals surface area contributed by atoms with Crippen molar-refractivity contribution in [2.24, 2.45) is 57.2 Å². The van der Waals surface area contributed by atoms with Crippen molar-refractivity contribution >= 4 is 0 Å². The molecule has 200 valence electrons.